The van der Waals surface area contributed by atoms with Crippen molar-refractivity contribution in [3.63, 3.8) is 0 Å². The van der Waals surface area contributed by atoms with Gasteiger partial charge in [0.1, 0.15) is 17.8 Å². The maximum Gasteiger partial charge on any atom is 0.325 e. The quantitative estimate of drug-likeness (QED) is 0.595. The Balaban J connectivity index is 1.52. The first-order chi connectivity index (χ1) is 14.9. The molecule has 0 spiro atoms. The Morgan fingerprint density at radius 2 is 1.87 bits per heavy atom. The van der Waals surface area contributed by atoms with E-state index >= 15 is 0 Å². The van der Waals surface area contributed by atoms with Crippen LogP contribution in [0.15, 0.2) is 48.5 Å². The van der Waals surface area contributed by atoms with E-state index in [9.17, 15) is 14.4 Å². The van der Waals surface area contributed by atoms with Crippen LogP contribution in [0.5, 0.6) is 5.75 Å². The van der Waals surface area contributed by atoms with Crippen molar-refractivity contribution in [2.24, 2.45) is 0 Å². The zero-order valence-electron chi connectivity index (χ0n) is 17.5. The van der Waals surface area contributed by atoms with Crippen LogP contribution in [0, 0.1) is 0 Å². The summed E-state index contributed by atoms with van der Waals surface area (Å²) < 4.78 is 7.00. The Morgan fingerprint density at radius 3 is 2.55 bits per heavy atom. The first-order valence-corrected chi connectivity index (χ1v) is 9.91. The van der Waals surface area contributed by atoms with Crippen molar-refractivity contribution >= 4 is 34.8 Å². The lowest BCUT2D eigenvalue weighted by Gasteiger charge is -2.22. The number of anilines is 1. The molecular formula is C22H23N5O4. The molecule has 3 aromatic rings. The monoisotopic (exact) mass is 421 g/mol. The highest BCUT2D eigenvalue weighted by Gasteiger charge is 2.49. The van der Waals surface area contributed by atoms with Crippen LogP contribution < -0.4 is 15.4 Å². The average molecular weight is 421 g/mol. The van der Waals surface area contributed by atoms with Crippen LogP contribution in [0.3, 0.4) is 0 Å². The molecule has 9 heteroatoms. The maximum atomic E-state index is 13.1. The van der Waals surface area contributed by atoms with Crippen LogP contribution in [0.1, 0.15) is 19.4 Å². The second-order valence-corrected chi connectivity index (χ2v) is 7.39. The number of carbonyl (C=O) groups excluding carboxylic acids is 3. The number of benzene rings is 2. The van der Waals surface area contributed by atoms with Gasteiger partial charge in [-0.15, -0.1) is 0 Å². The molecule has 1 atom stereocenters. The lowest BCUT2D eigenvalue weighted by Crippen LogP contribution is -2.42. The number of ether oxygens (including phenoxy) is 1. The minimum atomic E-state index is -1.26. The second-order valence-electron chi connectivity index (χ2n) is 7.39. The third kappa shape index (κ3) is 3.48. The van der Waals surface area contributed by atoms with Gasteiger partial charge in [-0.2, -0.15) is 0 Å². The fraction of sp³-hybridized carbons (Fsp3) is 0.273. The molecule has 2 heterocycles. The van der Waals surface area contributed by atoms with Crippen molar-refractivity contribution in [1.82, 2.24) is 19.8 Å². The predicted molar refractivity (Wildman–Crippen MR) is 115 cm³/mol. The number of nitrogens with one attached hydrogen (secondary N) is 2. The molecular weight excluding hydrogens is 398 g/mol. The van der Waals surface area contributed by atoms with E-state index in [1.165, 1.54) is 0 Å². The summed E-state index contributed by atoms with van der Waals surface area (Å²) in [7, 11) is 1.55. The minimum Gasteiger partial charge on any atom is -0.497 e. The smallest absolute Gasteiger partial charge is 0.325 e. The second kappa shape index (κ2) is 7.75. The molecule has 4 rings (SSSR count). The van der Waals surface area contributed by atoms with E-state index in [2.05, 4.69) is 15.6 Å². The van der Waals surface area contributed by atoms with Gasteiger partial charge in [-0.3, -0.25) is 19.8 Å². The summed E-state index contributed by atoms with van der Waals surface area (Å²) in [5.74, 6) is 0.00661. The van der Waals surface area contributed by atoms with E-state index in [-0.39, 0.29) is 0 Å². The number of methoxy groups -OCH3 is 1. The highest BCUT2D eigenvalue weighted by molar-refractivity contribution is 6.10. The van der Waals surface area contributed by atoms with Crippen LogP contribution in [0.4, 0.5) is 10.7 Å². The number of carbonyl (C=O) groups is 3. The Bertz CT molecular complexity index is 1170. The largest absolute Gasteiger partial charge is 0.497 e. The number of imidazole rings is 1. The van der Waals surface area contributed by atoms with Crippen LogP contribution in [-0.4, -0.2) is 46.0 Å². The number of nitrogens with zero attached hydrogens (tertiary/aromatic N) is 3. The highest BCUT2D eigenvalue weighted by atomic mass is 16.5. The van der Waals surface area contributed by atoms with Gasteiger partial charge in [-0.25, -0.2) is 9.78 Å². The van der Waals surface area contributed by atoms with E-state index in [1.807, 2.05) is 35.8 Å². The van der Waals surface area contributed by atoms with Crippen molar-refractivity contribution < 1.29 is 19.1 Å². The zero-order chi connectivity index (χ0) is 22.2. The molecule has 2 N–H and O–H groups in total. The SMILES string of the molecule is CCn1c(NC(=O)CN2C(=O)N[C@@](C)(c3ccc(OC)cc3)C2=O)nc2ccccc21. The lowest BCUT2D eigenvalue weighted by atomic mass is 9.92. The van der Waals surface area contributed by atoms with Gasteiger partial charge in [-0.05, 0) is 43.7 Å². The zero-order valence-corrected chi connectivity index (χ0v) is 17.5. The summed E-state index contributed by atoms with van der Waals surface area (Å²) in [6.07, 6.45) is 0. The van der Waals surface area contributed by atoms with Crippen molar-refractivity contribution in [3.05, 3.63) is 54.1 Å². The molecule has 0 saturated carbocycles. The summed E-state index contributed by atoms with van der Waals surface area (Å²) in [5.41, 5.74) is 0.978. The van der Waals surface area contributed by atoms with Crippen LogP contribution in [-0.2, 0) is 21.7 Å². The Morgan fingerprint density at radius 1 is 1.16 bits per heavy atom. The van der Waals surface area contributed by atoms with E-state index in [0.717, 1.165) is 15.9 Å². The fourth-order valence-corrected chi connectivity index (χ4v) is 3.76. The number of imide groups is 1. The number of rotatable bonds is 6. The van der Waals surface area contributed by atoms with Crippen LogP contribution in [0.25, 0.3) is 11.0 Å². The van der Waals surface area contributed by atoms with Crippen molar-refractivity contribution in [2.45, 2.75) is 25.9 Å². The number of hydrogen-bond donors (Lipinski definition) is 2. The van der Waals surface area contributed by atoms with Crippen molar-refractivity contribution in [2.75, 3.05) is 19.0 Å². The molecule has 1 aliphatic rings. The highest BCUT2D eigenvalue weighted by Crippen LogP contribution is 2.30. The summed E-state index contributed by atoms with van der Waals surface area (Å²) in [5, 5.41) is 5.42. The van der Waals surface area contributed by atoms with Crippen molar-refractivity contribution in [3.8, 4) is 5.75 Å². The standard InChI is InChI=1S/C22H23N5O4/c1-4-26-17-8-6-5-7-16(17)23-20(26)24-18(28)13-27-19(29)22(2,25-21(27)30)14-9-11-15(31-3)12-10-14/h5-12H,4,13H2,1-3H3,(H,25,30)(H,23,24,28)/t22-/m0/s1. The summed E-state index contributed by atoms with van der Waals surface area (Å²) in [6.45, 7) is 3.75. The van der Waals surface area contributed by atoms with E-state index < -0.39 is 29.9 Å². The van der Waals surface area contributed by atoms with Gasteiger partial charge in [0.05, 0.1) is 18.1 Å². The number of aryl methyl sites for hydroxylation is 1. The van der Waals surface area contributed by atoms with Gasteiger partial charge in [0, 0.05) is 6.54 Å². The van der Waals surface area contributed by atoms with Gasteiger partial charge >= 0.3 is 6.03 Å². The third-order valence-corrected chi connectivity index (χ3v) is 5.47. The molecule has 0 unspecified atom stereocenters. The third-order valence-electron chi connectivity index (χ3n) is 5.47. The van der Waals surface area contributed by atoms with Crippen LogP contribution >= 0.6 is 0 Å². The summed E-state index contributed by atoms with van der Waals surface area (Å²) in [4.78, 5) is 43.6. The predicted octanol–water partition coefficient (Wildman–Crippen LogP) is 2.47. The van der Waals surface area contributed by atoms with E-state index in [4.69, 9.17) is 4.74 Å². The van der Waals surface area contributed by atoms with E-state index in [0.29, 0.717) is 23.8 Å². The molecule has 4 amide bonds. The summed E-state index contributed by atoms with van der Waals surface area (Å²) >= 11 is 0. The van der Waals surface area contributed by atoms with Crippen LogP contribution in [0.2, 0.25) is 0 Å². The molecule has 0 radical (unpaired) electrons. The molecule has 0 bridgehead atoms. The fourth-order valence-electron chi connectivity index (χ4n) is 3.76. The minimum absolute atomic E-state index is 0.374. The number of aromatic nitrogens is 2. The lowest BCUT2D eigenvalue weighted by molar-refractivity contribution is -0.133. The molecule has 1 saturated heterocycles. The molecule has 0 aliphatic carbocycles. The molecule has 1 aliphatic heterocycles. The number of para-hydroxylation sites is 2. The van der Waals surface area contributed by atoms with E-state index in [1.54, 1.807) is 38.3 Å². The Labute approximate surface area is 179 Å². The average Bonchev–Trinajstić information content (AvgIpc) is 3.23. The normalized spacial score (nSPS) is 18.4. The maximum absolute atomic E-state index is 13.1. The topological polar surface area (TPSA) is 106 Å². The van der Waals surface area contributed by atoms with Crippen molar-refractivity contribution in [1.29, 1.82) is 0 Å². The molecule has 31 heavy (non-hydrogen) atoms. The number of fused-ring (bicyclic) bond motifs is 1. The van der Waals surface area contributed by atoms with Gasteiger partial charge in [0.15, 0.2) is 0 Å². The van der Waals surface area contributed by atoms with Gasteiger partial charge in [0.25, 0.3) is 5.91 Å². The molecule has 1 fully saturated rings. The molecule has 1 aromatic heterocycles. The first kappa shape index (κ1) is 20.4. The Hall–Kier alpha value is -3.88. The summed E-state index contributed by atoms with van der Waals surface area (Å²) in [6, 6.07) is 13.8. The molecule has 160 valence electrons. The van der Waals surface area contributed by atoms with Gasteiger partial charge in [0.2, 0.25) is 11.9 Å². The number of hydrogen-bond acceptors (Lipinski definition) is 5. The number of amides is 4. The number of urea groups is 1. The van der Waals surface area contributed by atoms with Gasteiger partial charge in [-0.1, -0.05) is 24.3 Å². The molecule has 2 aromatic carbocycles. The van der Waals surface area contributed by atoms with Gasteiger partial charge < -0.3 is 14.6 Å². The Kier molecular flexibility index (Phi) is 5.10. The molecule has 9 nitrogen and oxygen atoms in total. The first-order valence-electron chi connectivity index (χ1n) is 9.91.